The summed E-state index contributed by atoms with van der Waals surface area (Å²) in [4.78, 5) is 36.7. The molecule has 2 amide bonds. The van der Waals surface area contributed by atoms with E-state index in [0.29, 0.717) is 24.9 Å². The molecule has 1 aromatic rings. The number of benzene rings is 1. The van der Waals surface area contributed by atoms with Gasteiger partial charge >= 0.3 is 5.97 Å². The number of carbonyl (C=O) groups excluding carboxylic acids is 2. The van der Waals surface area contributed by atoms with Gasteiger partial charge in [0, 0.05) is 31.6 Å². The average Bonchev–Trinajstić information content (AvgIpc) is 3.33. The van der Waals surface area contributed by atoms with Gasteiger partial charge in [0.2, 0.25) is 5.91 Å². The Morgan fingerprint density at radius 3 is 2.25 bits per heavy atom. The van der Waals surface area contributed by atoms with E-state index in [2.05, 4.69) is 5.32 Å². The highest BCUT2D eigenvalue weighted by Crippen LogP contribution is 2.45. The summed E-state index contributed by atoms with van der Waals surface area (Å²) in [6.07, 6.45) is 1.22. The molecule has 1 fully saturated rings. The van der Waals surface area contributed by atoms with Crippen LogP contribution in [0.1, 0.15) is 42.6 Å². The van der Waals surface area contributed by atoms with Gasteiger partial charge in [-0.3, -0.25) is 14.4 Å². The SMILES string of the molecule is CC(C)C(=O)N(C)Cc1ccc(C(=O)NCC2(C(=O)O)CC2)cc1. The Bertz CT molecular complexity index is 633. The lowest BCUT2D eigenvalue weighted by Crippen LogP contribution is -2.34. The van der Waals surface area contributed by atoms with Crippen molar-refractivity contribution < 1.29 is 19.5 Å². The number of carboxylic acids is 1. The minimum absolute atomic E-state index is 0.0518. The van der Waals surface area contributed by atoms with Crippen LogP contribution in [0.3, 0.4) is 0 Å². The van der Waals surface area contributed by atoms with E-state index in [1.54, 1.807) is 24.1 Å². The molecule has 2 rings (SSSR count). The maximum absolute atomic E-state index is 12.1. The molecule has 0 unspecified atom stereocenters. The number of carbonyl (C=O) groups is 3. The van der Waals surface area contributed by atoms with Gasteiger partial charge in [-0.25, -0.2) is 0 Å². The molecular weight excluding hydrogens is 308 g/mol. The molecule has 1 saturated carbocycles. The monoisotopic (exact) mass is 332 g/mol. The third kappa shape index (κ3) is 4.13. The quantitative estimate of drug-likeness (QED) is 0.798. The van der Waals surface area contributed by atoms with Crippen molar-refractivity contribution in [1.29, 1.82) is 0 Å². The van der Waals surface area contributed by atoms with Crippen LogP contribution in [0.2, 0.25) is 0 Å². The van der Waals surface area contributed by atoms with Crippen molar-refractivity contribution in [3.63, 3.8) is 0 Å². The normalized spacial score (nSPS) is 15.0. The fraction of sp³-hybridized carbons (Fsp3) is 0.500. The minimum atomic E-state index is -0.851. The molecule has 1 aliphatic carbocycles. The first-order chi connectivity index (χ1) is 11.2. The molecule has 1 aromatic carbocycles. The number of carboxylic acid groups (broad SMARTS) is 1. The third-order valence-corrected chi connectivity index (χ3v) is 4.40. The zero-order valence-electron chi connectivity index (χ0n) is 14.3. The van der Waals surface area contributed by atoms with Crippen molar-refractivity contribution in [1.82, 2.24) is 10.2 Å². The number of nitrogens with zero attached hydrogens (tertiary/aromatic N) is 1. The standard InChI is InChI=1S/C18H24N2O4/c1-12(2)16(22)20(3)10-13-4-6-14(7-5-13)15(21)19-11-18(8-9-18)17(23)24/h4-7,12H,8-11H2,1-3H3,(H,19,21)(H,23,24). The Morgan fingerprint density at radius 1 is 1.21 bits per heavy atom. The molecule has 0 atom stereocenters. The molecule has 6 heteroatoms. The summed E-state index contributed by atoms with van der Waals surface area (Å²) < 4.78 is 0. The van der Waals surface area contributed by atoms with Gasteiger partial charge in [0.1, 0.15) is 0 Å². The van der Waals surface area contributed by atoms with Crippen molar-refractivity contribution >= 4 is 17.8 Å². The molecule has 0 bridgehead atoms. The van der Waals surface area contributed by atoms with E-state index in [4.69, 9.17) is 5.11 Å². The Hall–Kier alpha value is -2.37. The van der Waals surface area contributed by atoms with Gasteiger partial charge in [-0.1, -0.05) is 26.0 Å². The Morgan fingerprint density at radius 2 is 1.79 bits per heavy atom. The first kappa shape index (κ1) is 18.0. The number of rotatable bonds is 7. The summed E-state index contributed by atoms with van der Waals surface area (Å²) in [6, 6.07) is 7.00. The van der Waals surface area contributed by atoms with E-state index in [1.807, 2.05) is 26.0 Å². The maximum Gasteiger partial charge on any atom is 0.311 e. The van der Waals surface area contributed by atoms with Gasteiger partial charge in [-0.05, 0) is 30.5 Å². The summed E-state index contributed by atoms with van der Waals surface area (Å²) in [7, 11) is 1.75. The van der Waals surface area contributed by atoms with Gasteiger partial charge < -0.3 is 15.3 Å². The molecule has 0 aliphatic heterocycles. The van der Waals surface area contributed by atoms with E-state index >= 15 is 0 Å². The molecule has 0 aromatic heterocycles. The van der Waals surface area contributed by atoms with E-state index in [0.717, 1.165) is 5.56 Å². The highest BCUT2D eigenvalue weighted by molar-refractivity contribution is 5.94. The van der Waals surface area contributed by atoms with Gasteiger partial charge in [0.15, 0.2) is 0 Å². The molecule has 24 heavy (non-hydrogen) atoms. The van der Waals surface area contributed by atoms with Gasteiger partial charge in [0.25, 0.3) is 5.91 Å². The molecule has 6 nitrogen and oxygen atoms in total. The molecule has 0 saturated heterocycles. The lowest BCUT2D eigenvalue weighted by Gasteiger charge is -2.19. The summed E-state index contributed by atoms with van der Waals surface area (Å²) >= 11 is 0. The fourth-order valence-electron chi connectivity index (χ4n) is 2.52. The summed E-state index contributed by atoms with van der Waals surface area (Å²) in [6.45, 7) is 4.36. The highest BCUT2D eigenvalue weighted by atomic mass is 16.4. The predicted octanol–water partition coefficient (Wildman–Crippen LogP) is 1.90. The number of aliphatic carboxylic acids is 1. The van der Waals surface area contributed by atoms with Gasteiger partial charge in [-0.15, -0.1) is 0 Å². The first-order valence-electron chi connectivity index (χ1n) is 8.11. The van der Waals surface area contributed by atoms with Crippen LogP contribution in [0.4, 0.5) is 0 Å². The minimum Gasteiger partial charge on any atom is -0.481 e. The van der Waals surface area contributed by atoms with Crippen LogP contribution in [0.15, 0.2) is 24.3 Å². The van der Waals surface area contributed by atoms with Crippen LogP contribution in [0.25, 0.3) is 0 Å². The van der Waals surface area contributed by atoms with Crippen LogP contribution in [-0.4, -0.2) is 41.4 Å². The van der Waals surface area contributed by atoms with Crippen molar-refractivity contribution in [2.45, 2.75) is 33.2 Å². The van der Waals surface area contributed by atoms with Crippen molar-refractivity contribution in [2.24, 2.45) is 11.3 Å². The van der Waals surface area contributed by atoms with Gasteiger partial charge in [0.05, 0.1) is 5.41 Å². The van der Waals surface area contributed by atoms with E-state index in [-0.39, 0.29) is 24.3 Å². The number of amides is 2. The summed E-state index contributed by atoms with van der Waals surface area (Å²) in [5, 5.41) is 11.8. The van der Waals surface area contributed by atoms with Crippen LogP contribution >= 0.6 is 0 Å². The molecule has 0 heterocycles. The first-order valence-corrected chi connectivity index (χ1v) is 8.11. The largest absolute Gasteiger partial charge is 0.481 e. The molecule has 2 N–H and O–H groups in total. The maximum atomic E-state index is 12.1. The van der Waals surface area contributed by atoms with Crippen molar-refractivity contribution in [3.05, 3.63) is 35.4 Å². The van der Waals surface area contributed by atoms with Crippen LogP contribution in [-0.2, 0) is 16.1 Å². The topological polar surface area (TPSA) is 86.7 Å². The Kier molecular flexibility index (Phi) is 5.26. The lowest BCUT2D eigenvalue weighted by molar-refractivity contribution is -0.143. The Labute approximate surface area is 141 Å². The second-order valence-corrected chi connectivity index (χ2v) is 6.81. The van der Waals surface area contributed by atoms with Crippen LogP contribution in [0.5, 0.6) is 0 Å². The summed E-state index contributed by atoms with van der Waals surface area (Å²) in [5.74, 6) is -1.11. The van der Waals surface area contributed by atoms with Gasteiger partial charge in [-0.2, -0.15) is 0 Å². The zero-order valence-corrected chi connectivity index (χ0v) is 14.3. The fourth-order valence-corrected chi connectivity index (χ4v) is 2.52. The van der Waals surface area contributed by atoms with Crippen LogP contribution < -0.4 is 5.32 Å². The highest BCUT2D eigenvalue weighted by Gasteiger charge is 2.50. The van der Waals surface area contributed by atoms with Crippen LogP contribution in [0, 0.1) is 11.3 Å². The van der Waals surface area contributed by atoms with Crippen molar-refractivity contribution in [2.75, 3.05) is 13.6 Å². The van der Waals surface area contributed by atoms with E-state index in [9.17, 15) is 14.4 Å². The molecule has 130 valence electrons. The molecular formula is C18H24N2O4. The zero-order chi connectivity index (χ0) is 17.9. The molecule has 0 spiro atoms. The second kappa shape index (κ2) is 7.03. The van der Waals surface area contributed by atoms with E-state index in [1.165, 1.54) is 0 Å². The number of hydrogen-bond acceptors (Lipinski definition) is 3. The predicted molar refractivity (Wildman–Crippen MR) is 89.4 cm³/mol. The Balaban J connectivity index is 1.90. The number of hydrogen-bond donors (Lipinski definition) is 2. The van der Waals surface area contributed by atoms with Crippen molar-refractivity contribution in [3.8, 4) is 0 Å². The molecule has 0 radical (unpaired) electrons. The lowest BCUT2D eigenvalue weighted by atomic mass is 10.1. The third-order valence-electron chi connectivity index (χ3n) is 4.40. The molecule has 1 aliphatic rings. The van der Waals surface area contributed by atoms with E-state index < -0.39 is 11.4 Å². The average molecular weight is 332 g/mol. The summed E-state index contributed by atoms with van der Waals surface area (Å²) in [5.41, 5.74) is 0.653. The second-order valence-electron chi connectivity index (χ2n) is 6.81. The smallest absolute Gasteiger partial charge is 0.311 e. The number of nitrogens with one attached hydrogen (secondary N) is 1.